The maximum atomic E-state index is 13.6. The maximum absolute atomic E-state index is 13.6. The summed E-state index contributed by atoms with van der Waals surface area (Å²) in [6.45, 7) is -0.0507. The van der Waals surface area contributed by atoms with Gasteiger partial charge in [0.1, 0.15) is 5.82 Å². The van der Waals surface area contributed by atoms with E-state index in [0.29, 0.717) is 5.56 Å². The topological polar surface area (TPSA) is 65.1 Å². The number of hydrogen-bond acceptors (Lipinski definition) is 2. The number of amides is 1. The lowest BCUT2D eigenvalue weighted by atomic mass is 10.1. The Morgan fingerprint density at radius 1 is 1.23 bits per heavy atom. The van der Waals surface area contributed by atoms with Crippen LogP contribution in [0.4, 0.5) is 4.39 Å². The molecule has 0 bridgehead atoms. The van der Waals surface area contributed by atoms with Crippen LogP contribution in [-0.4, -0.2) is 22.5 Å². The van der Waals surface area contributed by atoms with Gasteiger partial charge in [0.25, 0.3) is 5.91 Å². The number of fused-ring (bicyclic) bond motifs is 1. The molecule has 0 spiro atoms. The molecular weight excluding hydrogens is 283 g/mol. The van der Waals surface area contributed by atoms with Gasteiger partial charge >= 0.3 is 0 Å². The van der Waals surface area contributed by atoms with Crippen LogP contribution in [0.25, 0.3) is 10.9 Å². The average molecular weight is 298 g/mol. The first-order chi connectivity index (χ1) is 10.6. The smallest absolute Gasteiger partial charge is 0.251 e. The Labute approximate surface area is 126 Å². The van der Waals surface area contributed by atoms with Crippen LogP contribution in [0.5, 0.6) is 0 Å². The fourth-order valence-electron chi connectivity index (χ4n) is 2.34. The highest BCUT2D eigenvalue weighted by Gasteiger charge is 2.14. The Kier molecular flexibility index (Phi) is 3.89. The molecule has 0 saturated heterocycles. The monoisotopic (exact) mass is 298 g/mol. The summed E-state index contributed by atoms with van der Waals surface area (Å²) in [5, 5.41) is 13.5. The number of aromatic nitrogens is 1. The summed E-state index contributed by atoms with van der Waals surface area (Å²) in [4.78, 5) is 15.2. The minimum atomic E-state index is -1.08. The van der Waals surface area contributed by atoms with Crippen LogP contribution in [0.2, 0.25) is 0 Å². The number of halogens is 1. The zero-order valence-corrected chi connectivity index (χ0v) is 11.7. The molecule has 1 heterocycles. The van der Waals surface area contributed by atoms with Crippen LogP contribution in [0.3, 0.4) is 0 Å². The van der Waals surface area contributed by atoms with Gasteiger partial charge < -0.3 is 15.4 Å². The van der Waals surface area contributed by atoms with Crippen molar-refractivity contribution in [3.05, 3.63) is 71.7 Å². The SMILES string of the molecule is O=C(NCC(O)c1ccccc1F)c1ccc2[nH]ccc2c1. The summed E-state index contributed by atoms with van der Waals surface area (Å²) in [6.07, 6.45) is 0.718. The normalized spacial score (nSPS) is 12.3. The Hall–Kier alpha value is -2.66. The molecule has 0 radical (unpaired) electrons. The van der Waals surface area contributed by atoms with Crippen molar-refractivity contribution in [1.82, 2.24) is 10.3 Å². The van der Waals surface area contributed by atoms with Crippen molar-refractivity contribution in [2.24, 2.45) is 0 Å². The van der Waals surface area contributed by atoms with Crippen molar-refractivity contribution in [3.63, 3.8) is 0 Å². The fraction of sp³-hybridized carbons (Fsp3) is 0.118. The van der Waals surface area contributed by atoms with E-state index < -0.39 is 11.9 Å². The quantitative estimate of drug-likeness (QED) is 0.693. The number of carbonyl (C=O) groups is 1. The molecule has 3 N–H and O–H groups in total. The number of rotatable bonds is 4. The Morgan fingerprint density at radius 3 is 2.86 bits per heavy atom. The molecule has 0 aliphatic heterocycles. The number of H-pyrrole nitrogens is 1. The van der Waals surface area contributed by atoms with Gasteiger partial charge in [-0.1, -0.05) is 18.2 Å². The number of aliphatic hydroxyl groups excluding tert-OH is 1. The molecule has 1 unspecified atom stereocenters. The predicted octanol–water partition coefficient (Wildman–Crippen LogP) is 2.77. The summed E-state index contributed by atoms with van der Waals surface area (Å²) < 4.78 is 13.6. The Bertz CT molecular complexity index is 813. The summed E-state index contributed by atoms with van der Waals surface area (Å²) in [5.41, 5.74) is 1.61. The van der Waals surface area contributed by atoms with Gasteiger partial charge in [0.2, 0.25) is 0 Å². The van der Waals surface area contributed by atoms with Gasteiger partial charge in [0, 0.05) is 34.8 Å². The van der Waals surface area contributed by atoms with Crippen molar-refractivity contribution in [3.8, 4) is 0 Å². The van der Waals surface area contributed by atoms with Crippen molar-refractivity contribution < 1.29 is 14.3 Å². The van der Waals surface area contributed by atoms with E-state index in [0.717, 1.165) is 10.9 Å². The van der Waals surface area contributed by atoms with Crippen LogP contribution in [0.15, 0.2) is 54.7 Å². The third-order valence-electron chi connectivity index (χ3n) is 3.54. The lowest BCUT2D eigenvalue weighted by molar-refractivity contribution is 0.0914. The number of aromatic amines is 1. The summed E-state index contributed by atoms with van der Waals surface area (Å²) in [5.74, 6) is -0.795. The third kappa shape index (κ3) is 2.84. The molecule has 4 nitrogen and oxygen atoms in total. The van der Waals surface area contributed by atoms with Crippen molar-refractivity contribution in [2.75, 3.05) is 6.54 Å². The lowest BCUT2D eigenvalue weighted by Crippen LogP contribution is -2.28. The molecule has 3 aromatic rings. The first-order valence-corrected chi connectivity index (χ1v) is 6.93. The fourth-order valence-corrected chi connectivity index (χ4v) is 2.34. The summed E-state index contributed by atoms with van der Waals surface area (Å²) in [6, 6.07) is 13.1. The van der Waals surface area contributed by atoms with Gasteiger partial charge in [-0.15, -0.1) is 0 Å². The molecular formula is C17H15FN2O2. The summed E-state index contributed by atoms with van der Waals surface area (Å²) >= 11 is 0. The predicted molar refractivity (Wildman–Crippen MR) is 82.0 cm³/mol. The minimum Gasteiger partial charge on any atom is -0.386 e. The molecule has 0 saturated carbocycles. The zero-order valence-electron chi connectivity index (χ0n) is 11.7. The van der Waals surface area contributed by atoms with Gasteiger partial charge in [0.05, 0.1) is 6.10 Å². The largest absolute Gasteiger partial charge is 0.386 e. The highest BCUT2D eigenvalue weighted by Crippen LogP contribution is 2.17. The van der Waals surface area contributed by atoms with E-state index in [9.17, 15) is 14.3 Å². The number of aliphatic hydroxyl groups is 1. The van der Waals surface area contributed by atoms with Gasteiger partial charge in [-0.3, -0.25) is 4.79 Å². The number of benzene rings is 2. The van der Waals surface area contributed by atoms with E-state index in [1.165, 1.54) is 12.1 Å². The molecule has 0 aliphatic rings. The molecule has 5 heteroatoms. The molecule has 112 valence electrons. The molecule has 1 atom stereocenters. The minimum absolute atomic E-state index is 0.0507. The van der Waals surface area contributed by atoms with Crippen LogP contribution < -0.4 is 5.32 Å². The molecule has 3 rings (SSSR count). The lowest BCUT2D eigenvalue weighted by Gasteiger charge is -2.13. The molecule has 2 aromatic carbocycles. The van der Waals surface area contributed by atoms with Crippen LogP contribution in [-0.2, 0) is 0 Å². The van der Waals surface area contributed by atoms with Crippen LogP contribution in [0.1, 0.15) is 22.0 Å². The second-order valence-corrected chi connectivity index (χ2v) is 5.03. The first kappa shape index (κ1) is 14.3. The summed E-state index contributed by atoms with van der Waals surface area (Å²) in [7, 11) is 0. The maximum Gasteiger partial charge on any atom is 0.251 e. The van der Waals surface area contributed by atoms with Gasteiger partial charge in [-0.05, 0) is 30.3 Å². The Morgan fingerprint density at radius 2 is 2.05 bits per heavy atom. The number of nitrogens with one attached hydrogen (secondary N) is 2. The van der Waals surface area contributed by atoms with Gasteiger partial charge in [-0.2, -0.15) is 0 Å². The first-order valence-electron chi connectivity index (χ1n) is 6.93. The average Bonchev–Trinajstić information content (AvgIpc) is 3.00. The van der Waals surface area contributed by atoms with Crippen LogP contribution in [0, 0.1) is 5.82 Å². The highest BCUT2D eigenvalue weighted by molar-refractivity contribution is 5.98. The molecule has 0 fully saturated rings. The molecule has 1 amide bonds. The van der Waals surface area contributed by atoms with Crippen molar-refractivity contribution >= 4 is 16.8 Å². The molecule has 1 aromatic heterocycles. The van der Waals surface area contributed by atoms with Crippen molar-refractivity contribution in [2.45, 2.75) is 6.10 Å². The van der Waals surface area contributed by atoms with E-state index in [1.807, 2.05) is 12.1 Å². The van der Waals surface area contributed by atoms with E-state index in [2.05, 4.69) is 10.3 Å². The third-order valence-corrected chi connectivity index (χ3v) is 3.54. The second-order valence-electron chi connectivity index (χ2n) is 5.03. The molecule has 0 aliphatic carbocycles. The van der Waals surface area contributed by atoms with Gasteiger partial charge in [0.15, 0.2) is 0 Å². The van der Waals surface area contributed by atoms with E-state index in [1.54, 1.807) is 30.5 Å². The van der Waals surface area contributed by atoms with E-state index in [4.69, 9.17) is 0 Å². The standard InChI is InChI=1S/C17H15FN2O2/c18-14-4-2-1-3-13(14)16(21)10-20-17(22)12-5-6-15-11(9-12)7-8-19-15/h1-9,16,19,21H,10H2,(H,20,22). The number of hydrogen-bond donors (Lipinski definition) is 3. The van der Waals surface area contributed by atoms with Gasteiger partial charge in [-0.25, -0.2) is 4.39 Å². The Balaban J connectivity index is 1.68. The van der Waals surface area contributed by atoms with Crippen molar-refractivity contribution in [1.29, 1.82) is 0 Å². The van der Waals surface area contributed by atoms with E-state index >= 15 is 0 Å². The van der Waals surface area contributed by atoms with E-state index in [-0.39, 0.29) is 18.0 Å². The zero-order chi connectivity index (χ0) is 15.5. The number of carbonyl (C=O) groups excluding carboxylic acids is 1. The highest BCUT2D eigenvalue weighted by atomic mass is 19.1. The molecule has 22 heavy (non-hydrogen) atoms. The van der Waals surface area contributed by atoms with Crippen LogP contribution >= 0.6 is 0 Å². The second kappa shape index (κ2) is 5.99.